The van der Waals surface area contributed by atoms with Crippen molar-refractivity contribution in [3.8, 4) is 11.4 Å². The average molecular weight is 345 g/mol. The summed E-state index contributed by atoms with van der Waals surface area (Å²) in [6.45, 7) is 6.13. The van der Waals surface area contributed by atoms with Crippen molar-refractivity contribution in [1.82, 2.24) is 20.2 Å². The minimum absolute atomic E-state index is 0.509. The number of allylic oxidation sites excluding steroid dienone is 1. The van der Waals surface area contributed by atoms with Crippen molar-refractivity contribution >= 4 is 11.9 Å². The standard InChI is InChI=1S/C21H23N5/c1-3-4-16-5-6-17(11-15(16)2)21-22-9-7-20(25-21)26-10-8-18(14-26)19-12-23-24-13-19/h3-7,9,11-13,18H,8,10,14H2,1-2H3,(H,23,24)/b4-3-. The van der Waals surface area contributed by atoms with Crippen molar-refractivity contribution in [3.63, 3.8) is 0 Å². The molecule has 1 atom stereocenters. The van der Waals surface area contributed by atoms with E-state index in [0.717, 1.165) is 36.7 Å². The van der Waals surface area contributed by atoms with Crippen LogP contribution < -0.4 is 4.90 Å². The first-order valence-electron chi connectivity index (χ1n) is 9.05. The number of aryl methyl sites for hydroxylation is 1. The lowest BCUT2D eigenvalue weighted by Crippen LogP contribution is -2.20. The molecular formula is C21H23N5. The summed E-state index contributed by atoms with van der Waals surface area (Å²) in [5.74, 6) is 2.29. The Labute approximate surface area is 153 Å². The lowest BCUT2D eigenvalue weighted by molar-refractivity contribution is 0.775. The van der Waals surface area contributed by atoms with Gasteiger partial charge in [-0.15, -0.1) is 0 Å². The van der Waals surface area contributed by atoms with E-state index in [1.165, 1.54) is 16.7 Å². The first-order valence-corrected chi connectivity index (χ1v) is 9.05. The van der Waals surface area contributed by atoms with Crippen molar-refractivity contribution in [2.75, 3.05) is 18.0 Å². The Morgan fingerprint density at radius 1 is 1.27 bits per heavy atom. The topological polar surface area (TPSA) is 57.7 Å². The highest BCUT2D eigenvalue weighted by molar-refractivity contribution is 5.64. The van der Waals surface area contributed by atoms with Crippen LogP contribution in [-0.4, -0.2) is 33.3 Å². The molecule has 1 unspecified atom stereocenters. The van der Waals surface area contributed by atoms with Crippen LogP contribution in [0.3, 0.4) is 0 Å². The Balaban J connectivity index is 1.57. The van der Waals surface area contributed by atoms with Gasteiger partial charge in [-0.3, -0.25) is 5.10 Å². The highest BCUT2D eigenvalue weighted by Crippen LogP contribution is 2.30. The molecule has 1 saturated heterocycles. The maximum absolute atomic E-state index is 4.83. The fraction of sp³-hybridized carbons (Fsp3) is 0.286. The molecule has 5 heteroatoms. The van der Waals surface area contributed by atoms with Crippen LogP contribution in [-0.2, 0) is 0 Å². The zero-order valence-electron chi connectivity index (χ0n) is 15.2. The van der Waals surface area contributed by atoms with Gasteiger partial charge < -0.3 is 4.90 Å². The zero-order chi connectivity index (χ0) is 17.9. The van der Waals surface area contributed by atoms with Crippen LogP contribution in [0.1, 0.15) is 36.0 Å². The fourth-order valence-electron chi connectivity index (χ4n) is 3.57. The summed E-state index contributed by atoms with van der Waals surface area (Å²) in [6.07, 6.45) is 11.1. The minimum atomic E-state index is 0.509. The molecule has 1 fully saturated rings. The van der Waals surface area contributed by atoms with Crippen molar-refractivity contribution in [2.45, 2.75) is 26.2 Å². The Hall–Kier alpha value is -2.95. The second kappa shape index (κ2) is 7.12. The van der Waals surface area contributed by atoms with Gasteiger partial charge >= 0.3 is 0 Å². The van der Waals surface area contributed by atoms with Gasteiger partial charge in [0.05, 0.1) is 6.20 Å². The Kier molecular flexibility index (Phi) is 4.52. The van der Waals surface area contributed by atoms with Crippen LogP contribution in [0.15, 0.2) is 48.9 Å². The monoisotopic (exact) mass is 345 g/mol. The predicted molar refractivity (Wildman–Crippen MR) is 105 cm³/mol. The SMILES string of the molecule is C/C=C\c1ccc(-c2nccc(N3CCC(c4cn[nH]c4)C3)n2)cc1C. The third kappa shape index (κ3) is 3.25. The highest BCUT2D eigenvalue weighted by Gasteiger charge is 2.25. The molecule has 26 heavy (non-hydrogen) atoms. The number of hydrogen-bond acceptors (Lipinski definition) is 4. The molecule has 1 N–H and O–H groups in total. The van der Waals surface area contributed by atoms with E-state index in [-0.39, 0.29) is 0 Å². The molecule has 0 bridgehead atoms. The number of aromatic nitrogens is 4. The summed E-state index contributed by atoms with van der Waals surface area (Å²) in [6, 6.07) is 8.39. The largest absolute Gasteiger partial charge is 0.356 e. The minimum Gasteiger partial charge on any atom is -0.356 e. The maximum atomic E-state index is 4.83. The van der Waals surface area contributed by atoms with Gasteiger partial charge in [-0.05, 0) is 49.1 Å². The summed E-state index contributed by atoms with van der Waals surface area (Å²) in [5, 5.41) is 6.98. The molecule has 3 aromatic rings. The Bertz CT molecular complexity index is 914. The third-order valence-corrected chi connectivity index (χ3v) is 5.02. The second-order valence-electron chi connectivity index (χ2n) is 6.77. The van der Waals surface area contributed by atoms with E-state index in [0.29, 0.717) is 5.92 Å². The average Bonchev–Trinajstić information content (AvgIpc) is 3.35. The predicted octanol–water partition coefficient (Wildman–Crippen LogP) is 4.20. The van der Waals surface area contributed by atoms with Crippen LogP contribution in [0.5, 0.6) is 0 Å². The Morgan fingerprint density at radius 2 is 2.19 bits per heavy atom. The smallest absolute Gasteiger partial charge is 0.161 e. The first kappa shape index (κ1) is 16.5. The molecule has 2 aromatic heterocycles. The molecule has 0 amide bonds. The van der Waals surface area contributed by atoms with Crippen LogP contribution in [0.25, 0.3) is 17.5 Å². The van der Waals surface area contributed by atoms with E-state index < -0.39 is 0 Å². The van der Waals surface area contributed by atoms with Gasteiger partial charge in [0.25, 0.3) is 0 Å². The van der Waals surface area contributed by atoms with Gasteiger partial charge in [-0.1, -0.05) is 24.3 Å². The lowest BCUT2D eigenvalue weighted by Gasteiger charge is -2.18. The number of H-pyrrole nitrogens is 1. The van der Waals surface area contributed by atoms with Gasteiger partial charge in [0.15, 0.2) is 5.82 Å². The molecular weight excluding hydrogens is 322 g/mol. The van der Waals surface area contributed by atoms with E-state index in [1.54, 1.807) is 0 Å². The highest BCUT2D eigenvalue weighted by atomic mass is 15.2. The van der Waals surface area contributed by atoms with E-state index in [1.807, 2.05) is 31.6 Å². The quantitative estimate of drug-likeness (QED) is 0.770. The lowest BCUT2D eigenvalue weighted by atomic mass is 10.0. The van der Waals surface area contributed by atoms with Crippen molar-refractivity contribution in [1.29, 1.82) is 0 Å². The zero-order valence-corrected chi connectivity index (χ0v) is 15.2. The molecule has 0 radical (unpaired) electrons. The molecule has 0 saturated carbocycles. The van der Waals surface area contributed by atoms with Crippen LogP contribution in [0, 0.1) is 6.92 Å². The van der Waals surface area contributed by atoms with Gasteiger partial charge in [0, 0.05) is 37.0 Å². The van der Waals surface area contributed by atoms with E-state index in [9.17, 15) is 0 Å². The maximum Gasteiger partial charge on any atom is 0.161 e. The van der Waals surface area contributed by atoms with Crippen molar-refractivity contribution in [3.05, 3.63) is 65.6 Å². The summed E-state index contributed by atoms with van der Waals surface area (Å²) in [5.41, 5.74) is 4.80. The number of benzene rings is 1. The first-order chi connectivity index (χ1) is 12.7. The van der Waals surface area contributed by atoms with Crippen LogP contribution in [0.4, 0.5) is 5.82 Å². The number of nitrogens with zero attached hydrogens (tertiary/aromatic N) is 4. The molecule has 132 valence electrons. The van der Waals surface area contributed by atoms with E-state index in [4.69, 9.17) is 4.98 Å². The van der Waals surface area contributed by atoms with Gasteiger partial charge in [-0.2, -0.15) is 5.10 Å². The molecule has 1 aromatic carbocycles. The van der Waals surface area contributed by atoms with E-state index in [2.05, 4.69) is 57.4 Å². The molecule has 0 spiro atoms. The Morgan fingerprint density at radius 3 is 2.96 bits per heavy atom. The number of nitrogens with one attached hydrogen (secondary N) is 1. The third-order valence-electron chi connectivity index (χ3n) is 5.02. The van der Waals surface area contributed by atoms with Gasteiger partial charge in [0.2, 0.25) is 0 Å². The van der Waals surface area contributed by atoms with Gasteiger partial charge in [-0.25, -0.2) is 9.97 Å². The summed E-state index contributed by atoms with van der Waals surface area (Å²) in [7, 11) is 0. The van der Waals surface area contributed by atoms with E-state index >= 15 is 0 Å². The molecule has 1 aliphatic heterocycles. The van der Waals surface area contributed by atoms with Crippen LogP contribution >= 0.6 is 0 Å². The van der Waals surface area contributed by atoms with Crippen molar-refractivity contribution in [2.24, 2.45) is 0 Å². The molecule has 1 aliphatic rings. The molecule has 0 aliphatic carbocycles. The summed E-state index contributed by atoms with van der Waals surface area (Å²) >= 11 is 0. The number of hydrogen-bond donors (Lipinski definition) is 1. The number of anilines is 1. The van der Waals surface area contributed by atoms with Crippen molar-refractivity contribution < 1.29 is 0 Å². The normalized spacial score (nSPS) is 17.3. The number of aromatic amines is 1. The molecule has 5 nitrogen and oxygen atoms in total. The molecule has 3 heterocycles. The van der Waals surface area contributed by atoms with Crippen LogP contribution in [0.2, 0.25) is 0 Å². The summed E-state index contributed by atoms with van der Waals surface area (Å²) in [4.78, 5) is 11.7. The van der Waals surface area contributed by atoms with Gasteiger partial charge in [0.1, 0.15) is 5.82 Å². The fourth-order valence-corrected chi connectivity index (χ4v) is 3.57. The summed E-state index contributed by atoms with van der Waals surface area (Å²) < 4.78 is 0. The number of rotatable bonds is 4. The molecule has 4 rings (SSSR count). The second-order valence-corrected chi connectivity index (χ2v) is 6.77.